The van der Waals surface area contributed by atoms with E-state index in [0.717, 1.165) is 6.42 Å². The molecule has 128 valence electrons. The SMILES string of the molecule is NCCCOc1ccc(C(=O)N2CC[C@@H](CS(N)(=O)=O)C2)cc1. The molecular formula is C15H23N3O4S. The van der Waals surface area contributed by atoms with Crippen molar-refractivity contribution in [1.29, 1.82) is 0 Å². The van der Waals surface area contributed by atoms with Crippen molar-refractivity contribution in [3.63, 3.8) is 0 Å². The summed E-state index contributed by atoms with van der Waals surface area (Å²) in [4.78, 5) is 14.1. The fourth-order valence-corrected chi connectivity index (χ4v) is 3.56. The van der Waals surface area contributed by atoms with Crippen molar-refractivity contribution in [3.8, 4) is 5.75 Å². The average molecular weight is 341 g/mol. The largest absolute Gasteiger partial charge is 0.494 e. The average Bonchev–Trinajstić information content (AvgIpc) is 2.94. The van der Waals surface area contributed by atoms with Crippen LogP contribution in [0.25, 0.3) is 0 Å². The number of amides is 1. The molecule has 23 heavy (non-hydrogen) atoms. The van der Waals surface area contributed by atoms with E-state index in [1.165, 1.54) is 0 Å². The van der Waals surface area contributed by atoms with Crippen LogP contribution in [0.4, 0.5) is 0 Å². The maximum atomic E-state index is 12.4. The molecule has 1 amide bonds. The molecule has 1 atom stereocenters. The zero-order valence-electron chi connectivity index (χ0n) is 13.0. The number of carbonyl (C=O) groups is 1. The number of benzene rings is 1. The van der Waals surface area contributed by atoms with Gasteiger partial charge < -0.3 is 15.4 Å². The molecule has 1 aromatic rings. The van der Waals surface area contributed by atoms with Crippen molar-refractivity contribution in [2.45, 2.75) is 12.8 Å². The number of hydrogen-bond donors (Lipinski definition) is 2. The van der Waals surface area contributed by atoms with Crippen LogP contribution in [0.5, 0.6) is 5.75 Å². The maximum absolute atomic E-state index is 12.4. The summed E-state index contributed by atoms with van der Waals surface area (Å²) in [5.41, 5.74) is 5.96. The molecule has 7 nitrogen and oxygen atoms in total. The second-order valence-electron chi connectivity index (χ2n) is 5.75. The van der Waals surface area contributed by atoms with Crippen LogP contribution >= 0.6 is 0 Å². The van der Waals surface area contributed by atoms with E-state index < -0.39 is 10.0 Å². The lowest BCUT2D eigenvalue weighted by molar-refractivity contribution is 0.0788. The van der Waals surface area contributed by atoms with Gasteiger partial charge in [0.25, 0.3) is 5.91 Å². The molecule has 0 saturated carbocycles. The fourth-order valence-electron chi connectivity index (χ4n) is 2.63. The Hall–Kier alpha value is -1.64. The maximum Gasteiger partial charge on any atom is 0.253 e. The lowest BCUT2D eigenvalue weighted by atomic mass is 10.1. The van der Waals surface area contributed by atoms with Gasteiger partial charge in [-0.3, -0.25) is 4.79 Å². The second kappa shape index (κ2) is 7.76. The molecule has 0 aromatic heterocycles. The van der Waals surface area contributed by atoms with Crippen LogP contribution in [0.15, 0.2) is 24.3 Å². The summed E-state index contributed by atoms with van der Waals surface area (Å²) in [7, 11) is -3.50. The number of ether oxygens (including phenoxy) is 1. The summed E-state index contributed by atoms with van der Waals surface area (Å²) in [5.74, 6) is 0.428. The molecular weight excluding hydrogens is 318 g/mol. The van der Waals surface area contributed by atoms with Gasteiger partial charge in [0.2, 0.25) is 10.0 Å². The summed E-state index contributed by atoms with van der Waals surface area (Å²) in [6, 6.07) is 6.93. The van der Waals surface area contributed by atoms with E-state index >= 15 is 0 Å². The summed E-state index contributed by atoms with van der Waals surface area (Å²) in [6.07, 6.45) is 1.43. The number of primary sulfonamides is 1. The Kier molecular flexibility index (Phi) is 5.97. The van der Waals surface area contributed by atoms with E-state index in [1.807, 2.05) is 0 Å². The Bertz CT molecular complexity index is 631. The molecule has 0 spiro atoms. The molecule has 4 N–H and O–H groups in total. The van der Waals surface area contributed by atoms with Gasteiger partial charge in [-0.15, -0.1) is 0 Å². The van der Waals surface area contributed by atoms with Crippen molar-refractivity contribution in [2.24, 2.45) is 16.8 Å². The monoisotopic (exact) mass is 341 g/mol. The van der Waals surface area contributed by atoms with Crippen LogP contribution in [-0.2, 0) is 10.0 Å². The van der Waals surface area contributed by atoms with Gasteiger partial charge in [-0.2, -0.15) is 0 Å². The van der Waals surface area contributed by atoms with Crippen molar-refractivity contribution < 1.29 is 17.9 Å². The van der Waals surface area contributed by atoms with E-state index in [4.69, 9.17) is 15.6 Å². The predicted molar refractivity (Wildman–Crippen MR) is 87.6 cm³/mol. The number of carbonyl (C=O) groups excluding carboxylic acids is 1. The van der Waals surface area contributed by atoms with Gasteiger partial charge >= 0.3 is 0 Å². The first-order valence-electron chi connectivity index (χ1n) is 7.62. The first kappa shape index (κ1) is 17.7. The van der Waals surface area contributed by atoms with Crippen LogP contribution in [0, 0.1) is 5.92 Å². The highest BCUT2D eigenvalue weighted by Gasteiger charge is 2.29. The highest BCUT2D eigenvalue weighted by Crippen LogP contribution is 2.21. The van der Waals surface area contributed by atoms with Crippen LogP contribution in [0.2, 0.25) is 0 Å². The van der Waals surface area contributed by atoms with Crippen LogP contribution < -0.4 is 15.6 Å². The number of rotatable bonds is 7. The summed E-state index contributed by atoms with van der Waals surface area (Å²) < 4.78 is 27.8. The highest BCUT2D eigenvalue weighted by atomic mass is 32.2. The molecule has 1 aromatic carbocycles. The molecule has 1 aliphatic rings. The van der Waals surface area contributed by atoms with E-state index in [1.54, 1.807) is 29.2 Å². The summed E-state index contributed by atoms with van der Waals surface area (Å²) in [5, 5.41) is 5.06. The molecule has 1 fully saturated rings. The zero-order chi connectivity index (χ0) is 16.9. The van der Waals surface area contributed by atoms with E-state index in [2.05, 4.69) is 0 Å². The van der Waals surface area contributed by atoms with E-state index in [9.17, 15) is 13.2 Å². The van der Waals surface area contributed by atoms with Gasteiger partial charge in [-0.25, -0.2) is 13.6 Å². The van der Waals surface area contributed by atoms with Crippen molar-refractivity contribution in [1.82, 2.24) is 4.90 Å². The lowest BCUT2D eigenvalue weighted by Crippen LogP contribution is -2.30. The van der Waals surface area contributed by atoms with Crippen LogP contribution in [0.3, 0.4) is 0 Å². The fraction of sp³-hybridized carbons (Fsp3) is 0.533. The smallest absolute Gasteiger partial charge is 0.253 e. The Morgan fingerprint density at radius 1 is 1.30 bits per heavy atom. The predicted octanol–water partition coefficient (Wildman–Crippen LogP) is 0.165. The molecule has 1 saturated heterocycles. The third-order valence-electron chi connectivity index (χ3n) is 3.76. The van der Waals surface area contributed by atoms with E-state index in [0.29, 0.717) is 44.0 Å². The first-order valence-corrected chi connectivity index (χ1v) is 9.33. The van der Waals surface area contributed by atoms with Crippen molar-refractivity contribution in [3.05, 3.63) is 29.8 Å². The Morgan fingerprint density at radius 2 is 2.00 bits per heavy atom. The number of hydrogen-bond acceptors (Lipinski definition) is 5. The van der Waals surface area contributed by atoms with Crippen LogP contribution in [-0.4, -0.2) is 51.2 Å². The lowest BCUT2D eigenvalue weighted by Gasteiger charge is -2.16. The van der Waals surface area contributed by atoms with Gasteiger partial charge in [-0.05, 0) is 49.6 Å². The Labute approximate surface area is 136 Å². The molecule has 0 unspecified atom stereocenters. The van der Waals surface area contributed by atoms with E-state index in [-0.39, 0.29) is 17.6 Å². The van der Waals surface area contributed by atoms with Gasteiger partial charge in [0, 0.05) is 18.7 Å². The van der Waals surface area contributed by atoms with Crippen LogP contribution in [0.1, 0.15) is 23.2 Å². The quantitative estimate of drug-likeness (QED) is 0.686. The third-order valence-corrected chi connectivity index (χ3v) is 4.70. The number of sulfonamides is 1. The minimum absolute atomic E-state index is 0.0787. The molecule has 0 bridgehead atoms. The van der Waals surface area contributed by atoms with Gasteiger partial charge in [0.15, 0.2) is 0 Å². The molecule has 1 heterocycles. The molecule has 0 radical (unpaired) electrons. The Balaban J connectivity index is 1.91. The van der Waals surface area contributed by atoms with Crippen molar-refractivity contribution in [2.75, 3.05) is 32.0 Å². The summed E-state index contributed by atoms with van der Waals surface area (Å²) >= 11 is 0. The molecule has 8 heteroatoms. The van der Waals surface area contributed by atoms with Crippen molar-refractivity contribution >= 4 is 15.9 Å². The Morgan fingerprint density at radius 3 is 2.61 bits per heavy atom. The normalized spacial score (nSPS) is 18.2. The van der Waals surface area contributed by atoms with Gasteiger partial charge in [0.1, 0.15) is 5.75 Å². The third kappa shape index (κ3) is 5.49. The standard InChI is InChI=1S/C15H23N3O4S/c16-7-1-9-22-14-4-2-13(3-5-14)15(19)18-8-6-12(10-18)11-23(17,20)21/h2-5,12H,1,6-11,16H2,(H2,17,20,21)/t12-/m1/s1. The minimum atomic E-state index is -3.50. The number of nitrogens with zero attached hydrogens (tertiary/aromatic N) is 1. The highest BCUT2D eigenvalue weighted by molar-refractivity contribution is 7.89. The zero-order valence-corrected chi connectivity index (χ0v) is 13.8. The molecule has 1 aliphatic heterocycles. The minimum Gasteiger partial charge on any atom is -0.494 e. The molecule has 0 aliphatic carbocycles. The second-order valence-corrected chi connectivity index (χ2v) is 7.41. The number of likely N-dealkylation sites (tertiary alicyclic amines) is 1. The summed E-state index contributed by atoms with van der Waals surface area (Å²) in [6.45, 7) is 2.09. The number of nitrogens with two attached hydrogens (primary N) is 2. The first-order chi connectivity index (χ1) is 10.9. The topological polar surface area (TPSA) is 116 Å². The van der Waals surface area contributed by atoms with Gasteiger partial charge in [-0.1, -0.05) is 0 Å². The van der Waals surface area contributed by atoms with Gasteiger partial charge in [0.05, 0.1) is 12.4 Å². The molecule has 2 rings (SSSR count).